The molecule has 182 valence electrons. The predicted molar refractivity (Wildman–Crippen MR) is 124 cm³/mol. The van der Waals surface area contributed by atoms with Crippen LogP contribution in [-0.4, -0.2) is 30.5 Å². The van der Waals surface area contributed by atoms with E-state index < -0.39 is 44.6 Å². The molecule has 0 fully saturated rings. The molecule has 11 heteroatoms. The molecule has 0 atom stereocenters. The van der Waals surface area contributed by atoms with E-state index >= 15 is 0 Å². The van der Waals surface area contributed by atoms with Crippen molar-refractivity contribution in [1.82, 2.24) is 0 Å². The fourth-order valence-corrected chi connectivity index (χ4v) is 5.53. The maximum Gasteiger partial charge on any atom is 0.312 e. The summed E-state index contributed by atoms with van der Waals surface area (Å²) in [7, 11) is -4.18. The predicted octanol–water partition coefficient (Wildman–Crippen LogP) is 4.71. The second kappa shape index (κ2) is 9.55. The minimum absolute atomic E-state index is 0.0853. The van der Waals surface area contributed by atoms with Crippen LogP contribution in [0.15, 0.2) is 58.3 Å². The standard InChI is InChI=1S/C24H19ClFNO7S/c25-18-11-19(27-22(29)12-23(30)31)16-2-1-3-17(16)24(18)34-14-6-9-20(28)21(10-14)35(32,33)15-7-4-13(26)5-8-15/h4-11,28H,1-3,12H2,(H,27,29)(H,30,31). The van der Waals surface area contributed by atoms with Crippen LogP contribution in [0.1, 0.15) is 24.0 Å². The molecule has 0 unspecified atom stereocenters. The third kappa shape index (κ3) is 5.08. The molecular formula is C24H19ClFNO7S. The Bertz CT molecular complexity index is 1440. The number of ether oxygens (including phenoxy) is 1. The van der Waals surface area contributed by atoms with Crippen LogP contribution in [0.4, 0.5) is 10.1 Å². The number of benzene rings is 3. The molecule has 0 saturated carbocycles. The minimum Gasteiger partial charge on any atom is -0.507 e. The Balaban J connectivity index is 1.69. The summed E-state index contributed by atoms with van der Waals surface area (Å²) in [4.78, 5) is 22.1. The lowest BCUT2D eigenvalue weighted by atomic mass is 10.1. The van der Waals surface area contributed by atoms with Crippen LogP contribution >= 0.6 is 11.6 Å². The number of phenols is 1. The smallest absolute Gasteiger partial charge is 0.312 e. The Kier molecular flexibility index (Phi) is 6.68. The van der Waals surface area contributed by atoms with Gasteiger partial charge in [-0.3, -0.25) is 9.59 Å². The summed E-state index contributed by atoms with van der Waals surface area (Å²) in [5.74, 6) is -2.70. The van der Waals surface area contributed by atoms with E-state index in [-0.39, 0.29) is 21.4 Å². The summed E-state index contributed by atoms with van der Waals surface area (Å²) in [5, 5.41) is 21.7. The van der Waals surface area contributed by atoms with Crippen molar-refractivity contribution in [1.29, 1.82) is 0 Å². The van der Waals surface area contributed by atoms with Gasteiger partial charge in [-0.1, -0.05) is 11.6 Å². The number of sulfone groups is 1. The molecule has 0 bridgehead atoms. The van der Waals surface area contributed by atoms with E-state index in [0.29, 0.717) is 24.1 Å². The highest BCUT2D eigenvalue weighted by Gasteiger charge is 2.26. The first-order valence-electron chi connectivity index (χ1n) is 10.4. The fourth-order valence-electron chi connectivity index (χ4n) is 3.90. The number of amides is 1. The zero-order valence-electron chi connectivity index (χ0n) is 18.0. The molecule has 0 radical (unpaired) electrons. The van der Waals surface area contributed by atoms with Crippen molar-refractivity contribution >= 4 is 39.0 Å². The van der Waals surface area contributed by atoms with Gasteiger partial charge in [-0.2, -0.15) is 0 Å². The molecule has 3 N–H and O–H groups in total. The quantitative estimate of drug-likeness (QED) is 0.304. The second-order valence-corrected chi connectivity index (χ2v) is 10.2. The molecule has 3 aromatic carbocycles. The van der Waals surface area contributed by atoms with Gasteiger partial charge in [0.1, 0.15) is 34.4 Å². The normalized spacial score (nSPS) is 12.7. The zero-order valence-corrected chi connectivity index (χ0v) is 19.6. The molecule has 0 saturated heterocycles. The van der Waals surface area contributed by atoms with E-state index in [2.05, 4.69) is 5.32 Å². The van der Waals surface area contributed by atoms with E-state index in [9.17, 15) is 27.5 Å². The van der Waals surface area contributed by atoms with E-state index in [0.717, 1.165) is 42.3 Å². The number of carbonyl (C=O) groups excluding carboxylic acids is 1. The molecule has 1 aliphatic rings. The lowest BCUT2D eigenvalue weighted by Crippen LogP contribution is -2.17. The summed E-state index contributed by atoms with van der Waals surface area (Å²) in [5.41, 5.74) is 1.85. The van der Waals surface area contributed by atoms with E-state index in [1.54, 1.807) is 0 Å². The number of carboxylic acid groups (broad SMARTS) is 1. The summed E-state index contributed by atoms with van der Waals surface area (Å²) in [6, 6.07) is 9.34. The molecule has 0 aromatic heterocycles. The lowest BCUT2D eigenvalue weighted by molar-refractivity contribution is -0.139. The Labute approximate surface area is 204 Å². The van der Waals surface area contributed by atoms with Crippen LogP contribution in [0.5, 0.6) is 17.2 Å². The Hall–Kier alpha value is -3.63. The number of phenolic OH excluding ortho intramolecular Hbond substituents is 1. The number of anilines is 1. The number of rotatable bonds is 7. The van der Waals surface area contributed by atoms with Crippen molar-refractivity contribution in [3.8, 4) is 17.2 Å². The third-order valence-electron chi connectivity index (χ3n) is 5.46. The summed E-state index contributed by atoms with van der Waals surface area (Å²) >= 11 is 6.43. The number of aliphatic carboxylic acids is 1. The van der Waals surface area contributed by atoms with E-state index in [1.165, 1.54) is 18.2 Å². The highest BCUT2D eigenvalue weighted by molar-refractivity contribution is 7.91. The highest BCUT2D eigenvalue weighted by Crippen LogP contribution is 2.44. The number of nitrogens with one attached hydrogen (secondary N) is 1. The highest BCUT2D eigenvalue weighted by atomic mass is 35.5. The maximum absolute atomic E-state index is 13.2. The number of aromatic hydroxyl groups is 1. The zero-order chi connectivity index (χ0) is 25.3. The Morgan fingerprint density at radius 1 is 1.06 bits per heavy atom. The third-order valence-corrected chi connectivity index (χ3v) is 7.54. The van der Waals surface area contributed by atoms with Gasteiger partial charge in [-0.15, -0.1) is 0 Å². The van der Waals surface area contributed by atoms with E-state index in [4.69, 9.17) is 21.4 Å². The number of hydrogen-bond acceptors (Lipinski definition) is 6. The van der Waals surface area contributed by atoms with Gasteiger partial charge in [0.05, 0.1) is 9.92 Å². The number of hydrogen-bond donors (Lipinski definition) is 3. The summed E-state index contributed by atoms with van der Waals surface area (Å²) in [6.45, 7) is 0. The summed E-state index contributed by atoms with van der Waals surface area (Å²) < 4.78 is 45.2. The number of carbonyl (C=O) groups is 2. The number of halogens is 2. The largest absolute Gasteiger partial charge is 0.507 e. The lowest BCUT2D eigenvalue weighted by Gasteiger charge is -2.17. The van der Waals surface area contributed by atoms with Crippen molar-refractivity contribution in [2.24, 2.45) is 0 Å². The first kappa shape index (κ1) is 24.5. The van der Waals surface area contributed by atoms with Crippen LogP contribution in [0, 0.1) is 5.82 Å². The van der Waals surface area contributed by atoms with Crippen molar-refractivity contribution in [3.05, 3.63) is 70.5 Å². The van der Waals surface area contributed by atoms with Gasteiger partial charge in [0.15, 0.2) is 0 Å². The van der Waals surface area contributed by atoms with Crippen molar-refractivity contribution < 1.29 is 37.3 Å². The molecule has 35 heavy (non-hydrogen) atoms. The molecule has 4 rings (SSSR count). The summed E-state index contributed by atoms with van der Waals surface area (Å²) in [6.07, 6.45) is 1.23. The van der Waals surface area contributed by atoms with Crippen molar-refractivity contribution in [3.63, 3.8) is 0 Å². The van der Waals surface area contributed by atoms with Gasteiger partial charge < -0.3 is 20.3 Å². The van der Waals surface area contributed by atoms with Gasteiger partial charge in [0.25, 0.3) is 0 Å². The molecular weight excluding hydrogens is 501 g/mol. The van der Waals surface area contributed by atoms with Crippen molar-refractivity contribution in [2.75, 3.05) is 5.32 Å². The van der Waals surface area contributed by atoms with Crippen LogP contribution in [0.25, 0.3) is 0 Å². The van der Waals surface area contributed by atoms with E-state index in [1.807, 2.05) is 0 Å². The maximum atomic E-state index is 13.2. The molecule has 1 aliphatic carbocycles. The van der Waals surface area contributed by atoms with Gasteiger partial charge in [0, 0.05) is 17.3 Å². The average molecular weight is 520 g/mol. The van der Waals surface area contributed by atoms with Crippen LogP contribution in [0.3, 0.4) is 0 Å². The second-order valence-electron chi connectivity index (χ2n) is 7.85. The van der Waals surface area contributed by atoms with Gasteiger partial charge in [-0.25, -0.2) is 12.8 Å². The molecule has 8 nitrogen and oxygen atoms in total. The van der Waals surface area contributed by atoms with Crippen LogP contribution in [0.2, 0.25) is 5.02 Å². The number of carboxylic acids is 1. The van der Waals surface area contributed by atoms with Crippen LogP contribution < -0.4 is 10.1 Å². The molecule has 3 aromatic rings. The average Bonchev–Trinajstić information content (AvgIpc) is 3.27. The minimum atomic E-state index is -4.18. The SMILES string of the molecule is O=C(O)CC(=O)Nc1cc(Cl)c(Oc2ccc(O)c(S(=O)(=O)c3ccc(F)cc3)c2)c2c1CCC2. The molecule has 0 spiro atoms. The Morgan fingerprint density at radius 3 is 2.43 bits per heavy atom. The van der Waals surface area contributed by atoms with Crippen LogP contribution in [-0.2, 0) is 32.3 Å². The molecule has 0 heterocycles. The topological polar surface area (TPSA) is 130 Å². The molecule has 1 amide bonds. The first-order chi connectivity index (χ1) is 16.6. The first-order valence-corrected chi connectivity index (χ1v) is 12.3. The van der Waals surface area contributed by atoms with Gasteiger partial charge in [-0.05, 0) is 67.3 Å². The Morgan fingerprint density at radius 2 is 1.74 bits per heavy atom. The fraction of sp³-hybridized carbons (Fsp3) is 0.167. The number of fused-ring (bicyclic) bond motifs is 1. The molecule has 0 aliphatic heterocycles. The van der Waals surface area contributed by atoms with Gasteiger partial charge in [0.2, 0.25) is 15.7 Å². The monoisotopic (exact) mass is 519 g/mol. The van der Waals surface area contributed by atoms with Gasteiger partial charge >= 0.3 is 5.97 Å². The van der Waals surface area contributed by atoms with Crippen molar-refractivity contribution in [2.45, 2.75) is 35.5 Å².